The van der Waals surface area contributed by atoms with Crippen LogP contribution >= 0.6 is 11.8 Å². The van der Waals surface area contributed by atoms with E-state index >= 15 is 0 Å². The summed E-state index contributed by atoms with van der Waals surface area (Å²) in [6.45, 7) is 2.03. The number of unbranched alkanes of at least 4 members (excludes halogenated alkanes) is 1. The number of carbonyl (C=O) groups excluding carboxylic acids is 1. The fraction of sp³-hybridized carbons (Fsp3) is 0.222. The molecule has 0 spiro atoms. The summed E-state index contributed by atoms with van der Waals surface area (Å²) in [6.07, 6.45) is 2.25. The van der Waals surface area contributed by atoms with Crippen LogP contribution in [0.1, 0.15) is 28.8 Å². The lowest BCUT2D eigenvalue weighted by molar-refractivity contribution is -0.159. The third-order valence-electron chi connectivity index (χ3n) is 5.34. The molecule has 0 unspecified atom stereocenters. The number of fused-ring (bicyclic) bond motifs is 2. The third-order valence-corrected chi connectivity index (χ3v) is 6.47. The summed E-state index contributed by atoms with van der Waals surface area (Å²) in [5, 5.41) is 14.8. The summed E-state index contributed by atoms with van der Waals surface area (Å²) in [5.41, 5.74) is 3.85. The van der Waals surface area contributed by atoms with Crippen molar-refractivity contribution in [2.24, 2.45) is 0 Å². The van der Waals surface area contributed by atoms with Crippen molar-refractivity contribution in [1.29, 1.82) is 0 Å². The van der Waals surface area contributed by atoms with E-state index in [1.54, 1.807) is 11.8 Å². The Bertz CT molecular complexity index is 1190. The molecule has 7 nitrogen and oxygen atoms in total. The highest BCUT2D eigenvalue weighted by Crippen LogP contribution is 2.48. The summed E-state index contributed by atoms with van der Waals surface area (Å²) in [4.78, 5) is 38.3. The molecule has 4 rings (SSSR count). The van der Waals surface area contributed by atoms with Gasteiger partial charge in [-0.15, -0.1) is 0 Å². The molecule has 3 aromatic carbocycles. The van der Waals surface area contributed by atoms with Crippen LogP contribution < -0.4 is 4.90 Å². The highest BCUT2D eigenvalue weighted by Gasteiger charge is 2.24. The number of carbonyl (C=O) groups is 3. The van der Waals surface area contributed by atoms with Crippen LogP contribution in [0.5, 0.6) is 0 Å². The molecule has 182 valence electrons. The molecule has 0 saturated heterocycles. The second-order valence-corrected chi connectivity index (χ2v) is 9.30. The van der Waals surface area contributed by atoms with Gasteiger partial charge in [-0.1, -0.05) is 54.2 Å². The molecule has 1 aliphatic rings. The first-order valence-electron chi connectivity index (χ1n) is 11.2. The maximum Gasteiger partial charge on any atom is 0.414 e. The number of para-hydroxylation sites is 1. The minimum Gasteiger partial charge on any atom is -0.473 e. The normalized spacial score (nSPS) is 11.7. The van der Waals surface area contributed by atoms with Gasteiger partial charge in [0.25, 0.3) is 0 Å². The zero-order chi connectivity index (χ0) is 25.4. The average Bonchev–Trinajstić information content (AvgIpc) is 2.86. The Hall–Kier alpha value is -3.62. The molecule has 8 heteroatoms. The zero-order valence-electron chi connectivity index (χ0n) is 19.7. The Labute approximate surface area is 209 Å². The van der Waals surface area contributed by atoms with Crippen LogP contribution in [0.3, 0.4) is 0 Å². The molecular formula is C27H28N2O5S. The fourth-order valence-electron chi connectivity index (χ4n) is 3.67. The van der Waals surface area contributed by atoms with Gasteiger partial charge in [0.15, 0.2) is 5.78 Å². The quantitative estimate of drug-likeness (QED) is 0.270. The van der Waals surface area contributed by atoms with Crippen molar-refractivity contribution in [1.82, 2.24) is 4.90 Å². The predicted octanol–water partition coefficient (Wildman–Crippen LogP) is 5.02. The molecule has 0 amide bonds. The molecule has 0 radical (unpaired) electrons. The van der Waals surface area contributed by atoms with Crippen LogP contribution in [0.15, 0.2) is 82.6 Å². The zero-order valence-corrected chi connectivity index (χ0v) is 20.5. The molecule has 0 atom stereocenters. The number of nitrogens with zero attached hydrogens (tertiary/aromatic N) is 2. The van der Waals surface area contributed by atoms with Crippen molar-refractivity contribution in [2.45, 2.75) is 22.6 Å². The monoisotopic (exact) mass is 492 g/mol. The van der Waals surface area contributed by atoms with Crippen LogP contribution in [0.25, 0.3) is 0 Å². The van der Waals surface area contributed by atoms with Gasteiger partial charge < -0.3 is 20.0 Å². The number of carboxylic acid groups (broad SMARTS) is 2. The number of aliphatic carboxylic acids is 2. The second-order valence-electron chi connectivity index (χ2n) is 8.22. The van der Waals surface area contributed by atoms with Gasteiger partial charge in [0.1, 0.15) is 0 Å². The minimum atomic E-state index is -1.82. The summed E-state index contributed by atoms with van der Waals surface area (Å²) in [6, 6.07) is 24.2. The number of anilines is 2. The van der Waals surface area contributed by atoms with Crippen LogP contribution in [-0.4, -0.2) is 60.0 Å². The van der Waals surface area contributed by atoms with E-state index in [1.807, 2.05) is 36.4 Å². The molecular weight excluding hydrogens is 464 g/mol. The maximum absolute atomic E-state index is 13.0. The van der Waals surface area contributed by atoms with E-state index in [0.717, 1.165) is 42.7 Å². The SMILES string of the molecule is CN(C)CCCCN1c2ccccc2Sc2ccc(C(=O)c3ccccc3)cc21.O=C(O)C(=O)O. The van der Waals surface area contributed by atoms with Gasteiger partial charge in [-0.3, -0.25) is 4.79 Å². The van der Waals surface area contributed by atoms with Gasteiger partial charge in [0.2, 0.25) is 0 Å². The van der Waals surface area contributed by atoms with E-state index in [0.29, 0.717) is 0 Å². The van der Waals surface area contributed by atoms with E-state index in [-0.39, 0.29) is 5.78 Å². The van der Waals surface area contributed by atoms with Crippen molar-refractivity contribution in [3.63, 3.8) is 0 Å². The van der Waals surface area contributed by atoms with E-state index in [2.05, 4.69) is 60.3 Å². The van der Waals surface area contributed by atoms with Crippen molar-refractivity contribution >= 4 is 40.9 Å². The maximum atomic E-state index is 13.0. The van der Waals surface area contributed by atoms with Gasteiger partial charge in [0, 0.05) is 27.5 Å². The van der Waals surface area contributed by atoms with Crippen LogP contribution in [0.4, 0.5) is 11.4 Å². The van der Waals surface area contributed by atoms with E-state index in [9.17, 15) is 4.79 Å². The number of hydrogen-bond donors (Lipinski definition) is 2. The highest BCUT2D eigenvalue weighted by molar-refractivity contribution is 7.99. The van der Waals surface area contributed by atoms with Crippen molar-refractivity contribution in [3.05, 3.63) is 83.9 Å². The summed E-state index contributed by atoms with van der Waals surface area (Å²) >= 11 is 1.79. The molecule has 1 heterocycles. The number of carboxylic acids is 2. The molecule has 0 bridgehead atoms. The molecule has 0 fully saturated rings. The number of hydrogen-bond acceptors (Lipinski definition) is 6. The molecule has 0 saturated carbocycles. The molecule has 3 aromatic rings. The molecule has 2 N–H and O–H groups in total. The van der Waals surface area contributed by atoms with Crippen molar-refractivity contribution in [2.75, 3.05) is 32.1 Å². The first-order chi connectivity index (χ1) is 16.8. The Balaban J connectivity index is 0.000000509. The van der Waals surface area contributed by atoms with E-state index < -0.39 is 11.9 Å². The predicted molar refractivity (Wildman–Crippen MR) is 137 cm³/mol. The van der Waals surface area contributed by atoms with Gasteiger partial charge in [-0.25, -0.2) is 9.59 Å². The number of ketones is 1. The van der Waals surface area contributed by atoms with Crippen LogP contribution in [-0.2, 0) is 9.59 Å². The smallest absolute Gasteiger partial charge is 0.414 e. The summed E-state index contributed by atoms with van der Waals surface area (Å²) < 4.78 is 0. The standard InChI is InChI=1S/C25H26N2OS.C2H2O4/c1-26(2)16-8-9-17-27-21-12-6-7-13-23(21)29-24-15-14-20(18-22(24)27)25(28)19-10-4-3-5-11-19;3-1(4)2(5)6/h3-7,10-15,18H,8-9,16-17H2,1-2H3;(H,3,4)(H,5,6). The lowest BCUT2D eigenvalue weighted by Crippen LogP contribution is -2.23. The average molecular weight is 493 g/mol. The fourth-order valence-corrected chi connectivity index (χ4v) is 4.74. The highest BCUT2D eigenvalue weighted by atomic mass is 32.2. The van der Waals surface area contributed by atoms with E-state index in [4.69, 9.17) is 19.8 Å². The second kappa shape index (κ2) is 12.2. The van der Waals surface area contributed by atoms with Gasteiger partial charge >= 0.3 is 11.9 Å². The summed E-state index contributed by atoms with van der Waals surface area (Å²) in [5.74, 6) is -3.57. The Kier molecular flexibility index (Phi) is 9.05. The number of rotatable bonds is 7. The number of benzene rings is 3. The van der Waals surface area contributed by atoms with Crippen LogP contribution in [0.2, 0.25) is 0 Å². The topological polar surface area (TPSA) is 98.2 Å². The lowest BCUT2D eigenvalue weighted by Gasteiger charge is -2.33. The largest absolute Gasteiger partial charge is 0.473 e. The first kappa shape index (κ1) is 26.0. The lowest BCUT2D eigenvalue weighted by atomic mass is 10.0. The van der Waals surface area contributed by atoms with E-state index in [1.165, 1.54) is 15.5 Å². The van der Waals surface area contributed by atoms with Crippen molar-refractivity contribution < 1.29 is 24.6 Å². The van der Waals surface area contributed by atoms with Gasteiger partial charge in [0.05, 0.1) is 11.4 Å². The summed E-state index contributed by atoms with van der Waals surface area (Å²) in [7, 11) is 4.23. The Morgan fingerprint density at radius 2 is 1.40 bits per heavy atom. The third kappa shape index (κ3) is 6.94. The van der Waals surface area contributed by atoms with Crippen molar-refractivity contribution in [3.8, 4) is 0 Å². The van der Waals surface area contributed by atoms with Gasteiger partial charge in [-0.2, -0.15) is 0 Å². The molecule has 0 aromatic heterocycles. The van der Waals surface area contributed by atoms with Gasteiger partial charge in [-0.05, 0) is 63.8 Å². The Morgan fingerprint density at radius 1 is 0.771 bits per heavy atom. The first-order valence-corrected chi connectivity index (χ1v) is 12.0. The van der Waals surface area contributed by atoms with Crippen LogP contribution in [0, 0.1) is 0 Å². The molecule has 35 heavy (non-hydrogen) atoms. The molecule has 0 aliphatic carbocycles. The minimum absolute atomic E-state index is 0.0739. The molecule has 1 aliphatic heterocycles. The Morgan fingerprint density at radius 3 is 2.06 bits per heavy atom.